The molecular formula is C19H22ClF3N2O2. The molecule has 0 spiro atoms. The van der Waals surface area contributed by atoms with Crippen LogP contribution in [0, 0.1) is 5.92 Å². The van der Waals surface area contributed by atoms with Crippen LogP contribution in [0.2, 0.25) is 0 Å². The summed E-state index contributed by atoms with van der Waals surface area (Å²) in [4.78, 5) is 12.3. The van der Waals surface area contributed by atoms with Gasteiger partial charge >= 0.3 is 6.18 Å². The molecule has 2 aromatic rings. The quantitative estimate of drug-likeness (QED) is 0.694. The van der Waals surface area contributed by atoms with Gasteiger partial charge in [-0.1, -0.05) is 67.6 Å². The van der Waals surface area contributed by atoms with Gasteiger partial charge in [0.15, 0.2) is 0 Å². The molecule has 0 heterocycles. The molecule has 3 atom stereocenters. The van der Waals surface area contributed by atoms with Crippen molar-refractivity contribution in [2.45, 2.75) is 24.7 Å². The van der Waals surface area contributed by atoms with Gasteiger partial charge in [0, 0.05) is 6.04 Å². The number of carbonyl (C=O) groups is 1. The maximum atomic E-state index is 13.4. The SMILES string of the molecule is CC(C(=O)NCC(O)(c1ccccc1)C(F)(F)F)C(N)c1ccccc1.Cl. The van der Waals surface area contributed by atoms with Crippen molar-refractivity contribution >= 4 is 18.3 Å². The molecule has 8 heteroatoms. The van der Waals surface area contributed by atoms with E-state index in [9.17, 15) is 23.1 Å². The second kappa shape index (κ2) is 9.21. The minimum atomic E-state index is -4.95. The molecule has 0 aliphatic heterocycles. The van der Waals surface area contributed by atoms with Crippen molar-refractivity contribution in [3.8, 4) is 0 Å². The molecule has 0 saturated heterocycles. The van der Waals surface area contributed by atoms with Crippen molar-refractivity contribution < 1.29 is 23.1 Å². The highest BCUT2D eigenvalue weighted by molar-refractivity contribution is 5.85. The fourth-order valence-corrected chi connectivity index (χ4v) is 2.58. The fraction of sp³-hybridized carbons (Fsp3) is 0.316. The fourth-order valence-electron chi connectivity index (χ4n) is 2.58. The average molecular weight is 403 g/mol. The zero-order valence-electron chi connectivity index (χ0n) is 14.6. The third-order valence-corrected chi connectivity index (χ3v) is 4.38. The van der Waals surface area contributed by atoms with Crippen molar-refractivity contribution in [1.82, 2.24) is 5.32 Å². The normalized spacial score (nSPS) is 15.8. The van der Waals surface area contributed by atoms with Crippen LogP contribution in [-0.2, 0) is 10.4 Å². The molecule has 0 aromatic heterocycles. The molecule has 0 saturated carbocycles. The Labute approximate surface area is 162 Å². The van der Waals surface area contributed by atoms with Gasteiger partial charge in [0.05, 0.1) is 12.5 Å². The van der Waals surface area contributed by atoms with E-state index in [0.29, 0.717) is 5.56 Å². The third kappa shape index (κ3) is 5.22. The first kappa shape index (κ1) is 23.0. The van der Waals surface area contributed by atoms with E-state index in [0.717, 1.165) is 0 Å². The van der Waals surface area contributed by atoms with Crippen molar-refractivity contribution in [2.24, 2.45) is 11.7 Å². The van der Waals surface area contributed by atoms with E-state index in [1.54, 1.807) is 36.4 Å². The number of halogens is 4. The summed E-state index contributed by atoms with van der Waals surface area (Å²) >= 11 is 0. The number of nitrogens with two attached hydrogens (primary N) is 1. The number of benzene rings is 2. The Bertz CT molecular complexity index is 729. The Hall–Kier alpha value is -2.09. The van der Waals surface area contributed by atoms with E-state index in [1.807, 2.05) is 0 Å². The van der Waals surface area contributed by atoms with Crippen molar-refractivity contribution in [3.05, 3.63) is 71.8 Å². The molecule has 0 fully saturated rings. The van der Waals surface area contributed by atoms with E-state index in [4.69, 9.17) is 5.73 Å². The summed E-state index contributed by atoms with van der Waals surface area (Å²) in [6, 6.07) is 14.8. The second-order valence-corrected chi connectivity index (χ2v) is 6.17. The van der Waals surface area contributed by atoms with Crippen LogP contribution >= 0.6 is 12.4 Å². The molecule has 0 aliphatic carbocycles. The number of alkyl halides is 3. The molecular weight excluding hydrogens is 381 g/mol. The summed E-state index contributed by atoms with van der Waals surface area (Å²) in [5, 5.41) is 12.4. The molecule has 3 unspecified atom stereocenters. The van der Waals surface area contributed by atoms with E-state index in [1.165, 1.54) is 31.2 Å². The minimum Gasteiger partial charge on any atom is -0.375 e. The lowest BCUT2D eigenvalue weighted by atomic mass is 9.91. The second-order valence-electron chi connectivity index (χ2n) is 6.17. The summed E-state index contributed by atoms with van der Waals surface area (Å²) < 4.78 is 40.3. The van der Waals surface area contributed by atoms with Crippen molar-refractivity contribution in [1.29, 1.82) is 0 Å². The third-order valence-electron chi connectivity index (χ3n) is 4.38. The lowest BCUT2D eigenvalue weighted by molar-refractivity contribution is -0.264. The van der Waals surface area contributed by atoms with Gasteiger partial charge in [-0.3, -0.25) is 4.79 Å². The Morgan fingerprint density at radius 2 is 1.56 bits per heavy atom. The van der Waals surface area contributed by atoms with Crippen LogP contribution in [0.1, 0.15) is 24.1 Å². The highest BCUT2D eigenvalue weighted by Gasteiger charge is 2.55. The predicted octanol–water partition coefficient (Wildman–Crippen LogP) is 3.31. The van der Waals surface area contributed by atoms with Gasteiger partial charge < -0.3 is 16.2 Å². The number of rotatable bonds is 6. The average Bonchev–Trinajstić information content (AvgIpc) is 2.65. The van der Waals surface area contributed by atoms with Gasteiger partial charge in [-0.2, -0.15) is 13.2 Å². The molecule has 0 radical (unpaired) electrons. The standard InChI is InChI=1S/C19H21F3N2O2.ClH/c1-13(16(23)14-8-4-2-5-9-14)17(25)24-12-18(26,19(20,21)22)15-10-6-3-7-11-15;/h2-11,13,16,26H,12,23H2,1H3,(H,24,25);1H. The Balaban J connectivity index is 0.00000364. The highest BCUT2D eigenvalue weighted by atomic mass is 35.5. The number of amides is 1. The molecule has 0 bridgehead atoms. The zero-order valence-corrected chi connectivity index (χ0v) is 15.4. The van der Waals surface area contributed by atoms with E-state index in [2.05, 4.69) is 5.32 Å². The maximum absolute atomic E-state index is 13.4. The Morgan fingerprint density at radius 3 is 2.04 bits per heavy atom. The Kier molecular flexibility index (Phi) is 7.83. The van der Waals surface area contributed by atoms with Gasteiger partial charge in [-0.05, 0) is 11.1 Å². The van der Waals surface area contributed by atoms with Crippen LogP contribution in [0.4, 0.5) is 13.2 Å². The molecule has 0 aliphatic rings. The summed E-state index contributed by atoms with van der Waals surface area (Å²) in [6.07, 6.45) is -4.95. The predicted molar refractivity (Wildman–Crippen MR) is 99.2 cm³/mol. The van der Waals surface area contributed by atoms with Crippen LogP contribution in [-0.4, -0.2) is 23.7 Å². The van der Waals surface area contributed by atoms with Gasteiger partial charge in [0.2, 0.25) is 11.5 Å². The van der Waals surface area contributed by atoms with Crippen LogP contribution in [0.25, 0.3) is 0 Å². The molecule has 1 amide bonds. The summed E-state index contributed by atoms with van der Waals surface area (Å²) in [7, 11) is 0. The zero-order chi connectivity index (χ0) is 19.4. The van der Waals surface area contributed by atoms with Gasteiger partial charge in [0.25, 0.3) is 0 Å². The summed E-state index contributed by atoms with van der Waals surface area (Å²) in [5.41, 5.74) is 3.21. The van der Waals surface area contributed by atoms with Crippen molar-refractivity contribution in [3.63, 3.8) is 0 Å². The lowest BCUT2D eigenvalue weighted by Crippen LogP contribution is -2.52. The largest absolute Gasteiger partial charge is 0.423 e. The van der Waals surface area contributed by atoms with E-state index in [-0.39, 0.29) is 18.0 Å². The lowest BCUT2D eigenvalue weighted by Gasteiger charge is -2.32. The summed E-state index contributed by atoms with van der Waals surface area (Å²) in [5.74, 6) is -1.44. The monoisotopic (exact) mass is 402 g/mol. The van der Waals surface area contributed by atoms with Crippen molar-refractivity contribution in [2.75, 3.05) is 6.54 Å². The topological polar surface area (TPSA) is 75.3 Å². The number of hydrogen-bond acceptors (Lipinski definition) is 3. The number of carbonyl (C=O) groups excluding carboxylic acids is 1. The maximum Gasteiger partial charge on any atom is 0.423 e. The molecule has 4 N–H and O–H groups in total. The first-order valence-electron chi connectivity index (χ1n) is 8.09. The van der Waals surface area contributed by atoms with Gasteiger partial charge in [0.1, 0.15) is 0 Å². The highest BCUT2D eigenvalue weighted by Crippen LogP contribution is 2.38. The molecule has 27 heavy (non-hydrogen) atoms. The summed E-state index contributed by atoms with van der Waals surface area (Å²) in [6.45, 7) is 0.535. The van der Waals surface area contributed by atoms with E-state index >= 15 is 0 Å². The minimum absolute atomic E-state index is 0. The molecule has 4 nitrogen and oxygen atoms in total. The first-order valence-corrected chi connectivity index (χ1v) is 8.09. The number of hydrogen-bond donors (Lipinski definition) is 3. The number of nitrogens with one attached hydrogen (secondary N) is 1. The van der Waals surface area contributed by atoms with Gasteiger partial charge in [-0.25, -0.2) is 0 Å². The Morgan fingerprint density at radius 1 is 1.07 bits per heavy atom. The van der Waals surface area contributed by atoms with Crippen LogP contribution in [0.15, 0.2) is 60.7 Å². The van der Waals surface area contributed by atoms with Crippen LogP contribution < -0.4 is 11.1 Å². The molecule has 2 rings (SSSR count). The van der Waals surface area contributed by atoms with E-state index < -0.39 is 36.2 Å². The van der Waals surface area contributed by atoms with Crippen LogP contribution in [0.5, 0.6) is 0 Å². The van der Waals surface area contributed by atoms with Crippen LogP contribution in [0.3, 0.4) is 0 Å². The first-order chi connectivity index (χ1) is 12.2. The molecule has 148 valence electrons. The number of aliphatic hydroxyl groups is 1. The van der Waals surface area contributed by atoms with Gasteiger partial charge in [-0.15, -0.1) is 12.4 Å². The smallest absolute Gasteiger partial charge is 0.375 e. The molecule has 2 aromatic carbocycles.